The molecule has 0 unspecified atom stereocenters. The van der Waals surface area contributed by atoms with E-state index in [2.05, 4.69) is 39.3 Å². The van der Waals surface area contributed by atoms with E-state index in [-0.39, 0.29) is 24.3 Å². The van der Waals surface area contributed by atoms with Crippen LogP contribution in [0.2, 0.25) is 0 Å². The van der Waals surface area contributed by atoms with Crippen molar-refractivity contribution in [3.05, 3.63) is 53.5 Å². The fourth-order valence-electron chi connectivity index (χ4n) is 3.00. The number of imidazole rings is 1. The van der Waals surface area contributed by atoms with Gasteiger partial charge >= 0.3 is 0 Å². The molecule has 1 atom stereocenters. The number of hydrogen-bond donors (Lipinski definition) is 2. The minimum atomic E-state index is -0.190. The molecule has 0 radical (unpaired) electrons. The van der Waals surface area contributed by atoms with Gasteiger partial charge in [-0.25, -0.2) is 4.98 Å². The van der Waals surface area contributed by atoms with Crippen molar-refractivity contribution in [2.45, 2.75) is 32.7 Å². The third kappa shape index (κ3) is 3.96. The average molecular weight is 395 g/mol. The van der Waals surface area contributed by atoms with Crippen molar-refractivity contribution in [1.82, 2.24) is 25.4 Å². The van der Waals surface area contributed by atoms with E-state index in [4.69, 9.17) is 4.52 Å². The average Bonchev–Trinajstić information content (AvgIpc) is 3.43. The molecular formula is C20H21N5O2S. The monoisotopic (exact) mass is 395 g/mol. The number of aryl methyl sites for hydroxylation is 1. The fourth-order valence-corrected chi connectivity index (χ4v) is 3.65. The summed E-state index contributed by atoms with van der Waals surface area (Å²) in [6.45, 7) is 4.12. The van der Waals surface area contributed by atoms with E-state index < -0.39 is 0 Å². The summed E-state index contributed by atoms with van der Waals surface area (Å²) in [5.41, 5.74) is 1.86. The third-order valence-electron chi connectivity index (χ3n) is 4.46. The fraction of sp³-hybridized carbons (Fsp3) is 0.300. The second-order valence-electron chi connectivity index (χ2n) is 6.92. The van der Waals surface area contributed by atoms with Crippen LogP contribution in [0.5, 0.6) is 0 Å². The highest BCUT2D eigenvalue weighted by Gasteiger charge is 2.22. The van der Waals surface area contributed by atoms with Crippen molar-refractivity contribution in [2.24, 2.45) is 5.92 Å². The maximum atomic E-state index is 12.5. The number of carbonyl (C=O) groups is 1. The summed E-state index contributed by atoms with van der Waals surface area (Å²) >= 11 is 1.55. The molecule has 3 heterocycles. The lowest BCUT2D eigenvalue weighted by Crippen LogP contribution is -2.32. The quantitative estimate of drug-likeness (QED) is 0.491. The second-order valence-corrected chi connectivity index (χ2v) is 7.87. The maximum Gasteiger partial charge on any atom is 0.227 e. The molecule has 1 aromatic carbocycles. The van der Waals surface area contributed by atoms with E-state index in [0.29, 0.717) is 18.1 Å². The van der Waals surface area contributed by atoms with E-state index in [1.54, 1.807) is 11.3 Å². The predicted molar refractivity (Wildman–Crippen MR) is 108 cm³/mol. The van der Waals surface area contributed by atoms with E-state index >= 15 is 0 Å². The largest absolute Gasteiger partial charge is 0.346 e. The zero-order chi connectivity index (χ0) is 19.5. The van der Waals surface area contributed by atoms with Crippen LogP contribution in [0.3, 0.4) is 0 Å². The van der Waals surface area contributed by atoms with Gasteiger partial charge in [-0.2, -0.15) is 4.98 Å². The van der Waals surface area contributed by atoms with Crippen LogP contribution >= 0.6 is 11.3 Å². The zero-order valence-corrected chi connectivity index (χ0v) is 16.5. The molecule has 8 heteroatoms. The van der Waals surface area contributed by atoms with Crippen molar-refractivity contribution >= 4 is 28.3 Å². The Hall–Kier alpha value is -3.00. The lowest BCUT2D eigenvalue weighted by atomic mass is 10.0. The van der Waals surface area contributed by atoms with Gasteiger partial charge < -0.3 is 14.8 Å². The normalized spacial score (nSPS) is 12.5. The van der Waals surface area contributed by atoms with Gasteiger partial charge in [-0.3, -0.25) is 4.79 Å². The number of hydrogen-bond acceptors (Lipinski definition) is 6. The smallest absolute Gasteiger partial charge is 0.227 e. The van der Waals surface area contributed by atoms with Crippen LogP contribution < -0.4 is 5.32 Å². The number of amides is 1. The van der Waals surface area contributed by atoms with Crippen LogP contribution in [0.4, 0.5) is 0 Å². The molecule has 28 heavy (non-hydrogen) atoms. The number of aromatic nitrogens is 4. The van der Waals surface area contributed by atoms with E-state index in [1.807, 2.05) is 41.8 Å². The Labute approximate surface area is 166 Å². The van der Waals surface area contributed by atoms with Gasteiger partial charge in [0.1, 0.15) is 5.82 Å². The highest BCUT2D eigenvalue weighted by molar-refractivity contribution is 7.13. The summed E-state index contributed by atoms with van der Waals surface area (Å²) in [5, 5.41) is 9.01. The molecule has 0 aliphatic heterocycles. The molecule has 0 spiro atoms. The number of para-hydroxylation sites is 2. The molecule has 4 rings (SSSR count). The molecule has 0 fully saturated rings. The number of nitrogens with one attached hydrogen (secondary N) is 2. The molecule has 3 aromatic heterocycles. The summed E-state index contributed by atoms with van der Waals surface area (Å²) in [6, 6.07) is 11.5. The van der Waals surface area contributed by atoms with Gasteiger partial charge in [0.05, 0.1) is 22.0 Å². The Morgan fingerprint density at radius 3 is 2.82 bits per heavy atom. The molecule has 7 nitrogen and oxygen atoms in total. The second kappa shape index (κ2) is 7.93. The predicted octanol–water partition coefficient (Wildman–Crippen LogP) is 4.12. The number of thiophene rings is 1. The van der Waals surface area contributed by atoms with E-state index in [9.17, 15) is 4.79 Å². The molecule has 144 valence electrons. The number of rotatable bonds is 7. The third-order valence-corrected chi connectivity index (χ3v) is 5.33. The molecule has 2 N–H and O–H groups in total. The number of carbonyl (C=O) groups excluding carboxylic acids is 1. The van der Waals surface area contributed by atoms with Crippen LogP contribution in [-0.4, -0.2) is 26.0 Å². The molecule has 0 saturated heterocycles. The number of benzene rings is 1. The lowest BCUT2D eigenvalue weighted by Gasteiger charge is -2.20. The summed E-state index contributed by atoms with van der Waals surface area (Å²) in [4.78, 5) is 25.8. The summed E-state index contributed by atoms with van der Waals surface area (Å²) in [5.74, 6) is 1.91. The molecule has 0 saturated carbocycles. The van der Waals surface area contributed by atoms with E-state index in [1.165, 1.54) is 0 Å². The lowest BCUT2D eigenvalue weighted by molar-refractivity contribution is -0.122. The van der Waals surface area contributed by atoms with Gasteiger partial charge in [-0.15, -0.1) is 11.3 Å². The van der Waals surface area contributed by atoms with Crippen molar-refractivity contribution in [2.75, 3.05) is 0 Å². The van der Waals surface area contributed by atoms with Gasteiger partial charge in [0, 0.05) is 12.8 Å². The zero-order valence-electron chi connectivity index (χ0n) is 15.7. The Morgan fingerprint density at radius 2 is 2.07 bits per heavy atom. The first-order valence-corrected chi connectivity index (χ1v) is 10.1. The first-order valence-electron chi connectivity index (χ1n) is 9.20. The summed E-state index contributed by atoms with van der Waals surface area (Å²) in [6.07, 6.45) is 0.671. The van der Waals surface area contributed by atoms with Crippen LogP contribution in [0, 0.1) is 5.92 Å². The Morgan fingerprint density at radius 1 is 1.21 bits per heavy atom. The highest BCUT2D eigenvalue weighted by Crippen LogP contribution is 2.23. The van der Waals surface area contributed by atoms with Crippen molar-refractivity contribution in [3.63, 3.8) is 0 Å². The number of nitrogens with zero attached hydrogens (tertiary/aromatic N) is 3. The SMILES string of the molecule is CC(C)[C@H](NC(=O)CCc1nc(-c2cccs2)no1)c1nc2ccccc2[nH]1. The van der Waals surface area contributed by atoms with Crippen LogP contribution in [0.15, 0.2) is 46.3 Å². The molecule has 0 aliphatic rings. The van der Waals surface area contributed by atoms with E-state index in [0.717, 1.165) is 21.7 Å². The number of aromatic amines is 1. The standard InChI is InChI=1S/C20H21N5O2S/c1-12(2)18(20-21-13-6-3-4-7-14(13)22-20)23-16(26)9-10-17-24-19(25-27-17)15-8-5-11-28-15/h3-8,11-12,18H,9-10H2,1-2H3,(H,21,22)(H,23,26)/t18-/m0/s1. The molecule has 0 bridgehead atoms. The maximum absolute atomic E-state index is 12.5. The van der Waals surface area contributed by atoms with Gasteiger partial charge in [0.15, 0.2) is 0 Å². The molecular weight excluding hydrogens is 374 g/mol. The first-order chi connectivity index (χ1) is 13.6. The molecule has 1 amide bonds. The highest BCUT2D eigenvalue weighted by atomic mass is 32.1. The molecule has 4 aromatic rings. The van der Waals surface area contributed by atoms with Crippen LogP contribution in [0.1, 0.15) is 38.0 Å². The Kier molecular flexibility index (Phi) is 5.21. The summed E-state index contributed by atoms with van der Waals surface area (Å²) in [7, 11) is 0. The van der Waals surface area contributed by atoms with Crippen LogP contribution in [-0.2, 0) is 11.2 Å². The Balaban J connectivity index is 1.40. The van der Waals surface area contributed by atoms with Gasteiger partial charge in [-0.1, -0.05) is 37.2 Å². The van der Waals surface area contributed by atoms with Gasteiger partial charge in [0.2, 0.25) is 17.6 Å². The molecule has 0 aliphatic carbocycles. The van der Waals surface area contributed by atoms with Gasteiger partial charge in [-0.05, 0) is 29.5 Å². The van der Waals surface area contributed by atoms with Crippen LogP contribution in [0.25, 0.3) is 21.7 Å². The topological polar surface area (TPSA) is 96.7 Å². The number of fused-ring (bicyclic) bond motifs is 1. The van der Waals surface area contributed by atoms with Gasteiger partial charge in [0.25, 0.3) is 0 Å². The van der Waals surface area contributed by atoms with Crippen molar-refractivity contribution in [3.8, 4) is 10.7 Å². The first kappa shape index (κ1) is 18.4. The minimum absolute atomic E-state index is 0.0740. The van der Waals surface area contributed by atoms with Crippen molar-refractivity contribution in [1.29, 1.82) is 0 Å². The number of H-pyrrole nitrogens is 1. The van der Waals surface area contributed by atoms with Crippen molar-refractivity contribution < 1.29 is 9.32 Å². The minimum Gasteiger partial charge on any atom is -0.346 e. The Bertz CT molecular complexity index is 1030. The summed E-state index contributed by atoms with van der Waals surface area (Å²) < 4.78 is 5.26.